The van der Waals surface area contributed by atoms with E-state index in [9.17, 15) is 18.0 Å². The van der Waals surface area contributed by atoms with Crippen molar-refractivity contribution in [1.29, 1.82) is 0 Å². The molecule has 2 aliphatic rings. The molecule has 1 atom stereocenters. The molecule has 0 spiro atoms. The van der Waals surface area contributed by atoms with Gasteiger partial charge in [-0.2, -0.15) is 4.31 Å². The van der Waals surface area contributed by atoms with Crippen LogP contribution in [0.4, 0.5) is 0 Å². The van der Waals surface area contributed by atoms with Gasteiger partial charge in [0.1, 0.15) is 5.75 Å². The fourth-order valence-electron chi connectivity index (χ4n) is 3.54. The Hall–Kier alpha value is -2.13. The van der Waals surface area contributed by atoms with Crippen molar-refractivity contribution in [2.45, 2.75) is 30.2 Å². The zero-order valence-corrected chi connectivity index (χ0v) is 15.3. The van der Waals surface area contributed by atoms with Gasteiger partial charge in [-0.3, -0.25) is 9.59 Å². The maximum absolute atomic E-state index is 12.7. The molecule has 2 saturated heterocycles. The highest BCUT2D eigenvalue weighted by Gasteiger charge is 2.40. The number of rotatable bonds is 5. The summed E-state index contributed by atoms with van der Waals surface area (Å²) in [5.41, 5.74) is 0. The van der Waals surface area contributed by atoms with Crippen molar-refractivity contribution in [2.75, 3.05) is 26.7 Å². The average Bonchev–Trinajstić information content (AvgIpc) is 3.04. The van der Waals surface area contributed by atoms with E-state index in [2.05, 4.69) is 0 Å². The summed E-state index contributed by atoms with van der Waals surface area (Å²) in [6.07, 6.45) is 1.04. The Morgan fingerprint density at radius 2 is 1.81 bits per heavy atom. The molecule has 142 valence electrons. The Balaban J connectivity index is 1.64. The van der Waals surface area contributed by atoms with Gasteiger partial charge in [-0.15, -0.1) is 0 Å². The largest absolute Gasteiger partial charge is 0.497 e. The second kappa shape index (κ2) is 7.24. The van der Waals surface area contributed by atoms with Crippen LogP contribution in [0.5, 0.6) is 5.75 Å². The van der Waals surface area contributed by atoms with E-state index in [1.54, 1.807) is 17.0 Å². The van der Waals surface area contributed by atoms with Gasteiger partial charge in [0.15, 0.2) is 0 Å². The van der Waals surface area contributed by atoms with Gasteiger partial charge in [0.05, 0.1) is 17.9 Å². The number of hydrogen-bond acceptors (Lipinski definition) is 5. The number of likely N-dealkylation sites (tertiary alicyclic amines) is 1. The molecule has 0 radical (unpaired) electrons. The Kier molecular flexibility index (Phi) is 5.19. The first kappa shape index (κ1) is 18.7. The number of amides is 1. The Bertz CT molecular complexity index is 784. The number of hydrogen-bond donors (Lipinski definition) is 1. The average molecular weight is 382 g/mol. The minimum absolute atomic E-state index is 0.0275. The third kappa shape index (κ3) is 3.54. The molecule has 2 aliphatic heterocycles. The topological polar surface area (TPSA) is 104 Å². The Morgan fingerprint density at radius 1 is 1.19 bits per heavy atom. The summed E-state index contributed by atoms with van der Waals surface area (Å²) in [4.78, 5) is 25.0. The van der Waals surface area contributed by atoms with Crippen LogP contribution in [-0.2, 0) is 19.6 Å². The van der Waals surface area contributed by atoms with E-state index in [0.717, 1.165) is 0 Å². The lowest BCUT2D eigenvalue weighted by atomic mass is 10.1. The highest BCUT2D eigenvalue weighted by molar-refractivity contribution is 7.89. The maximum Gasteiger partial charge on any atom is 0.308 e. The number of aliphatic carboxylic acids is 1. The van der Waals surface area contributed by atoms with Crippen molar-refractivity contribution < 1.29 is 27.9 Å². The molecule has 1 unspecified atom stereocenters. The molecule has 26 heavy (non-hydrogen) atoms. The fourth-order valence-corrected chi connectivity index (χ4v) is 5.01. The molecule has 3 rings (SSSR count). The van der Waals surface area contributed by atoms with E-state index in [1.165, 1.54) is 23.5 Å². The molecular weight excluding hydrogens is 360 g/mol. The van der Waals surface area contributed by atoms with Crippen LogP contribution in [0.25, 0.3) is 0 Å². The smallest absolute Gasteiger partial charge is 0.308 e. The Morgan fingerprint density at radius 3 is 2.31 bits per heavy atom. The molecule has 2 heterocycles. The van der Waals surface area contributed by atoms with E-state index < -0.39 is 21.9 Å². The quantitative estimate of drug-likeness (QED) is 0.807. The second-order valence-corrected chi connectivity index (χ2v) is 8.53. The number of benzene rings is 1. The van der Waals surface area contributed by atoms with Crippen LogP contribution in [0.3, 0.4) is 0 Å². The van der Waals surface area contributed by atoms with Crippen molar-refractivity contribution >= 4 is 21.9 Å². The molecule has 1 amide bonds. The molecule has 0 aliphatic carbocycles. The molecule has 1 N–H and O–H groups in total. The summed E-state index contributed by atoms with van der Waals surface area (Å²) < 4.78 is 32.0. The fraction of sp³-hybridized carbons (Fsp3) is 0.529. The highest BCUT2D eigenvalue weighted by atomic mass is 32.2. The number of methoxy groups -OCH3 is 1. The van der Waals surface area contributed by atoms with Gasteiger partial charge in [-0.25, -0.2) is 8.42 Å². The van der Waals surface area contributed by atoms with Crippen LogP contribution in [-0.4, -0.2) is 67.4 Å². The summed E-state index contributed by atoms with van der Waals surface area (Å²) in [6, 6.07) is 6.14. The van der Waals surface area contributed by atoms with E-state index in [4.69, 9.17) is 9.84 Å². The minimum atomic E-state index is -3.59. The summed E-state index contributed by atoms with van der Waals surface area (Å²) in [6.45, 7) is 0.825. The zero-order chi connectivity index (χ0) is 18.9. The third-order valence-corrected chi connectivity index (χ3v) is 6.98. The first-order valence-electron chi connectivity index (χ1n) is 8.49. The van der Waals surface area contributed by atoms with E-state index in [0.29, 0.717) is 31.7 Å². The molecule has 2 fully saturated rings. The molecule has 1 aromatic carbocycles. The monoisotopic (exact) mass is 382 g/mol. The number of sulfonamides is 1. The second-order valence-electron chi connectivity index (χ2n) is 6.60. The van der Waals surface area contributed by atoms with E-state index in [1.807, 2.05) is 0 Å². The van der Waals surface area contributed by atoms with Gasteiger partial charge >= 0.3 is 5.97 Å². The first-order valence-corrected chi connectivity index (χ1v) is 9.93. The maximum atomic E-state index is 12.7. The predicted octanol–water partition coefficient (Wildman–Crippen LogP) is 0.781. The lowest BCUT2D eigenvalue weighted by Gasteiger charge is -2.36. The molecule has 9 heteroatoms. The number of carboxylic acids is 1. The predicted molar refractivity (Wildman–Crippen MR) is 92.2 cm³/mol. The van der Waals surface area contributed by atoms with E-state index >= 15 is 0 Å². The highest BCUT2D eigenvalue weighted by Crippen LogP contribution is 2.28. The van der Waals surface area contributed by atoms with Crippen LogP contribution in [0.2, 0.25) is 0 Å². The zero-order valence-electron chi connectivity index (χ0n) is 14.5. The van der Waals surface area contributed by atoms with Crippen LogP contribution in [0.1, 0.15) is 19.3 Å². The van der Waals surface area contributed by atoms with Crippen LogP contribution >= 0.6 is 0 Å². The molecule has 0 saturated carbocycles. The van der Waals surface area contributed by atoms with Crippen molar-refractivity contribution in [3.63, 3.8) is 0 Å². The summed E-state index contributed by atoms with van der Waals surface area (Å²) in [7, 11) is -2.07. The van der Waals surface area contributed by atoms with Crippen LogP contribution in [0.15, 0.2) is 29.2 Å². The molecule has 0 aromatic heterocycles. The number of carbonyl (C=O) groups excluding carboxylic acids is 1. The van der Waals surface area contributed by atoms with Gasteiger partial charge in [-0.05, 0) is 37.1 Å². The number of carbonyl (C=O) groups is 2. The van der Waals surface area contributed by atoms with E-state index in [-0.39, 0.29) is 29.8 Å². The van der Waals surface area contributed by atoms with Crippen molar-refractivity contribution in [2.24, 2.45) is 5.92 Å². The van der Waals surface area contributed by atoms with Gasteiger partial charge in [-0.1, -0.05) is 0 Å². The molecule has 0 bridgehead atoms. The van der Waals surface area contributed by atoms with Crippen molar-refractivity contribution in [3.05, 3.63) is 24.3 Å². The normalized spacial score (nSPS) is 22.6. The van der Waals surface area contributed by atoms with Crippen LogP contribution in [0, 0.1) is 5.92 Å². The first-order chi connectivity index (χ1) is 12.3. The molecule has 8 nitrogen and oxygen atoms in total. The number of piperidine rings is 1. The van der Waals surface area contributed by atoms with Gasteiger partial charge in [0, 0.05) is 32.1 Å². The van der Waals surface area contributed by atoms with Gasteiger partial charge in [0.2, 0.25) is 15.9 Å². The number of ether oxygens (including phenoxy) is 1. The van der Waals surface area contributed by atoms with Gasteiger partial charge < -0.3 is 14.7 Å². The summed E-state index contributed by atoms with van der Waals surface area (Å²) >= 11 is 0. The summed E-state index contributed by atoms with van der Waals surface area (Å²) in [5, 5.41) is 9.08. The molecule has 1 aromatic rings. The minimum Gasteiger partial charge on any atom is -0.497 e. The third-order valence-electron chi connectivity index (χ3n) is 5.07. The lowest BCUT2D eigenvalue weighted by molar-refractivity contribution is -0.141. The van der Waals surface area contributed by atoms with Crippen molar-refractivity contribution in [3.8, 4) is 5.75 Å². The molecular formula is C17H22N2O6S. The summed E-state index contributed by atoms with van der Waals surface area (Å²) in [5.74, 6) is -1.19. The van der Waals surface area contributed by atoms with Crippen LogP contribution < -0.4 is 4.74 Å². The lowest BCUT2D eigenvalue weighted by Crippen LogP contribution is -2.47. The van der Waals surface area contributed by atoms with Gasteiger partial charge in [0.25, 0.3) is 0 Å². The Labute approximate surface area is 152 Å². The van der Waals surface area contributed by atoms with Crippen molar-refractivity contribution in [1.82, 2.24) is 9.21 Å². The SMILES string of the molecule is COc1ccc(S(=O)(=O)N2CCC(N3CC(C(=O)O)CC3=O)CC2)cc1. The standard InChI is InChI=1S/C17H22N2O6S/c1-25-14-2-4-15(5-3-14)26(23,24)18-8-6-13(7-9-18)19-11-12(17(21)22)10-16(19)20/h2-5,12-13H,6-11H2,1H3,(H,21,22). The number of nitrogens with zero attached hydrogens (tertiary/aromatic N) is 2. The number of carboxylic acid groups (broad SMARTS) is 1.